The van der Waals surface area contributed by atoms with Gasteiger partial charge >= 0.3 is 0 Å². The molecule has 5 heteroatoms. The van der Waals surface area contributed by atoms with Crippen LogP contribution in [0.25, 0.3) is 0 Å². The Labute approximate surface area is 121 Å². The van der Waals surface area contributed by atoms with Gasteiger partial charge < -0.3 is 10.1 Å². The van der Waals surface area contributed by atoms with Crippen molar-refractivity contribution in [3.63, 3.8) is 0 Å². The Morgan fingerprint density at radius 1 is 1.11 bits per heavy atom. The van der Waals surface area contributed by atoms with Crippen LogP contribution in [-0.2, 0) is 4.79 Å². The van der Waals surface area contributed by atoms with E-state index in [1.165, 1.54) is 0 Å². The van der Waals surface area contributed by atoms with Crippen LogP contribution < -0.4 is 10.1 Å². The molecule has 0 heterocycles. The van der Waals surface area contributed by atoms with Crippen molar-refractivity contribution >= 4 is 34.8 Å². The van der Waals surface area contributed by atoms with Gasteiger partial charge in [0, 0.05) is 16.8 Å². The van der Waals surface area contributed by atoms with Gasteiger partial charge in [0.2, 0.25) is 0 Å². The van der Waals surface area contributed by atoms with Gasteiger partial charge in [0.1, 0.15) is 5.75 Å². The first kappa shape index (κ1) is 13.7. The van der Waals surface area contributed by atoms with Crippen molar-refractivity contribution in [1.29, 1.82) is 0 Å². The summed E-state index contributed by atoms with van der Waals surface area (Å²) in [7, 11) is 0. The van der Waals surface area contributed by atoms with E-state index in [4.69, 9.17) is 27.9 Å². The van der Waals surface area contributed by atoms with Gasteiger partial charge in [-0.05, 0) is 24.3 Å². The summed E-state index contributed by atoms with van der Waals surface area (Å²) in [6.45, 7) is -0.130. The fraction of sp³-hybridized carbons (Fsp3) is 0.0714. The molecular weight excluding hydrogens is 285 g/mol. The molecule has 0 aliphatic rings. The highest BCUT2D eigenvalue weighted by molar-refractivity contribution is 6.34. The zero-order valence-corrected chi connectivity index (χ0v) is 11.4. The van der Waals surface area contributed by atoms with Crippen molar-refractivity contribution in [3.8, 4) is 5.75 Å². The van der Waals surface area contributed by atoms with E-state index in [0.29, 0.717) is 21.5 Å². The molecule has 98 valence electrons. The third-order valence-corrected chi connectivity index (χ3v) is 2.86. The van der Waals surface area contributed by atoms with E-state index in [-0.39, 0.29) is 12.5 Å². The number of para-hydroxylation sites is 1. The number of carbonyl (C=O) groups is 1. The minimum atomic E-state index is -0.262. The first-order valence-electron chi connectivity index (χ1n) is 5.58. The van der Waals surface area contributed by atoms with E-state index in [1.54, 1.807) is 30.3 Å². The fourth-order valence-electron chi connectivity index (χ4n) is 1.45. The summed E-state index contributed by atoms with van der Waals surface area (Å²) in [6, 6.07) is 14.0. The summed E-state index contributed by atoms with van der Waals surface area (Å²) in [6.07, 6.45) is 0. The lowest BCUT2D eigenvalue weighted by molar-refractivity contribution is -0.118. The van der Waals surface area contributed by atoms with E-state index in [2.05, 4.69) is 5.32 Å². The first-order chi connectivity index (χ1) is 9.15. The van der Waals surface area contributed by atoms with E-state index in [1.807, 2.05) is 18.2 Å². The first-order valence-corrected chi connectivity index (χ1v) is 6.33. The summed E-state index contributed by atoms with van der Waals surface area (Å²) >= 11 is 11.7. The average Bonchev–Trinajstić information content (AvgIpc) is 2.41. The minimum absolute atomic E-state index is 0.130. The highest BCUT2D eigenvalue weighted by atomic mass is 35.5. The maximum atomic E-state index is 11.7. The molecule has 2 aromatic rings. The predicted octanol–water partition coefficient (Wildman–Crippen LogP) is 4.01. The number of ether oxygens (including phenoxy) is 1. The van der Waals surface area contributed by atoms with Crippen molar-refractivity contribution in [1.82, 2.24) is 0 Å². The molecule has 0 bridgehead atoms. The normalized spacial score (nSPS) is 10.0. The van der Waals surface area contributed by atoms with Gasteiger partial charge in [-0.25, -0.2) is 0 Å². The van der Waals surface area contributed by atoms with Gasteiger partial charge in [-0.1, -0.05) is 41.4 Å². The molecule has 0 aromatic heterocycles. The molecule has 0 spiro atoms. The number of hydrogen-bond acceptors (Lipinski definition) is 2. The second kappa shape index (κ2) is 6.45. The second-order valence-corrected chi connectivity index (χ2v) is 4.62. The van der Waals surface area contributed by atoms with Crippen molar-refractivity contribution in [3.05, 3.63) is 58.6 Å². The highest BCUT2D eigenvalue weighted by Crippen LogP contribution is 2.27. The molecule has 1 amide bonds. The summed E-state index contributed by atoms with van der Waals surface area (Å²) in [4.78, 5) is 11.7. The third kappa shape index (κ3) is 4.16. The SMILES string of the molecule is O=C(COc1cc(Cl)ccc1Cl)Nc1ccccc1. The predicted molar refractivity (Wildman–Crippen MR) is 77.0 cm³/mol. The molecule has 0 radical (unpaired) electrons. The van der Waals surface area contributed by atoms with E-state index >= 15 is 0 Å². The monoisotopic (exact) mass is 295 g/mol. The number of rotatable bonds is 4. The lowest BCUT2D eigenvalue weighted by atomic mass is 10.3. The standard InChI is InChI=1S/C14H11Cl2NO2/c15-10-6-7-12(16)13(8-10)19-9-14(18)17-11-4-2-1-3-5-11/h1-8H,9H2,(H,17,18). The van der Waals surface area contributed by atoms with Crippen LogP contribution in [0.1, 0.15) is 0 Å². The van der Waals surface area contributed by atoms with Crippen LogP contribution in [0.15, 0.2) is 48.5 Å². The smallest absolute Gasteiger partial charge is 0.262 e. The maximum Gasteiger partial charge on any atom is 0.262 e. The summed E-state index contributed by atoms with van der Waals surface area (Å²) in [5.41, 5.74) is 0.716. The van der Waals surface area contributed by atoms with Crippen molar-refractivity contribution in [2.45, 2.75) is 0 Å². The summed E-state index contributed by atoms with van der Waals surface area (Å²) in [5.74, 6) is 0.125. The molecule has 1 N–H and O–H groups in total. The van der Waals surface area contributed by atoms with E-state index in [9.17, 15) is 4.79 Å². The second-order valence-electron chi connectivity index (χ2n) is 3.78. The molecule has 19 heavy (non-hydrogen) atoms. The number of carbonyl (C=O) groups excluding carboxylic acids is 1. The van der Waals surface area contributed by atoms with Crippen molar-refractivity contribution in [2.24, 2.45) is 0 Å². The van der Waals surface area contributed by atoms with Crippen LogP contribution in [-0.4, -0.2) is 12.5 Å². The van der Waals surface area contributed by atoms with Crippen LogP contribution in [0.5, 0.6) is 5.75 Å². The lowest BCUT2D eigenvalue weighted by Gasteiger charge is -2.09. The zero-order valence-electron chi connectivity index (χ0n) is 9.90. The number of amides is 1. The molecule has 2 aromatic carbocycles. The molecule has 2 rings (SSSR count). The Kier molecular flexibility index (Phi) is 4.66. The summed E-state index contributed by atoms with van der Waals surface area (Å²) < 4.78 is 5.32. The Balaban J connectivity index is 1.92. The average molecular weight is 296 g/mol. The molecule has 0 saturated heterocycles. The number of anilines is 1. The minimum Gasteiger partial charge on any atom is -0.482 e. The van der Waals surface area contributed by atoms with E-state index < -0.39 is 0 Å². The maximum absolute atomic E-state index is 11.7. The van der Waals surface area contributed by atoms with Crippen LogP contribution in [0.3, 0.4) is 0 Å². The van der Waals surface area contributed by atoms with Gasteiger partial charge in [-0.15, -0.1) is 0 Å². The van der Waals surface area contributed by atoms with Gasteiger partial charge in [0.05, 0.1) is 5.02 Å². The number of benzene rings is 2. The number of nitrogens with one attached hydrogen (secondary N) is 1. The lowest BCUT2D eigenvalue weighted by Crippen LogP contribution is -2.20. The molecule has 0 unspecified atom stereocenters. The van der Waals surface area contributed by atoms with Crippen molar-refractivity contribution in [2.75, 3.05) is 11.9 Å². The van der Waals surface area contributed by atoms with Crippen LogP contribution in [0.2, 0.25) is 10.0 Å². The molecule has 0 atom stereocenters. The zero-order chi connectivity index (χ0) is 13.7. The number of halogens is 2. The van der Waals surface area contributed by atoms with Crippen LogP contribution in [0, 0.1) is 0 Å². The molecule has 0 aliphatic heterocycles. The summed E-state index contributed by atoms with van der Waals surface area (Å²) in [5, 5.41) is 3.62. The van der Waals surface area contributed by atoms with Crippen LogP contribution >= 0.6 is 23.2 Å². The molecular formula is C14H11Cl2NO2. The Hall–Kier alpha value is -1.71. The molecule has 3 nitrogen and oxygen atoms in total. The van der Waals surface area contributed by atoms with Gasteiger partial charge in [-0.3, -0.25) is 4.79 Å². The van der Waals surface area contributed by atoms with Gasteiger partial charge in [0.25, 0.3) is 5.91 Å². The number of hydrogen-bond donors (Lipinski definition) is 1. The Bertz CT molecular complexity index is 573. The molecule has 0 saturated carbocycles. The Morgan fingerprint density at radius 2 is 1.84 bits per heavy atom. The Morgan fingerprint density at radius 3 is 2.58 bits per heavy atom. The van der Waals surface area contributed by atoms with Crippen LogP contribution in [0.4, 0.5) is 5.69 Å². The molecule has 0 aliphatic carbocycles. The van der Waals surface area contributed by atoms with E-state index in [0.717, 1.165) is 0 Å². The van der Waals surface area contributed by atoms with Gasteiger partial charge in [0.15, 0.2) is 6.61 Å². The van der Waals surface area contributed by atoms with Crippen molar-refractivity contribution < 1.29 is 9.53 Å². The topological polar surface area (TPSA) is 38.3 Å². The molecule has 0 fully saturated rings. The third-order valence-electron chi connectivity index (χ3n) is 2.31. The fourth-order valence-corrected chi connectivity index (χ4v) is 1.78. The quantitative estimate of drug-likeness (QED) is 0.925. The highest BCUT2D eigenvalue weighted by Gasteiger charge is 2.06. The largest absolute Gasteiger partial charge is 0.482 e. The van der Waals surface area contributed by atoms with Gasteiger partial charge in [-0.2, -0.15) is 0 Å².